The molecule has 0 saturated heterocycles. The molecule has 2 N–H and O–H groups in total. The zero-order valence-electron chi connectivity index (χ0n) is 11.8. The molecular formula is C16H15BrClN3O. The quantitative estimate of drug-likeness (QED) is 0.481. The van der Waals surface area contributed by atoms with Crippen molar-refractivity contribution in [3.05, 3.63) is 44.6 Å². The fourth-order valence-electron chi connectivity index (χ4n) is 2.36. The minimum atomic E-state index is -0.423. The maximum Gasteiger partial charge on any atom is 0.146 e. The van der Waals surface area contributed by atoms with Crippen LogP contribution in [0.1, 0.15) is 19.3 Å². The normalized spacial score (nSPS) is 21.0. The highest BCUT2D eigenvalue weighted by molar-refractivity contribution is 9.11. The Morgan fingerprint density at radius 2 is 2.18 bits per heavy atom. The van der Waals surface area contributed by atoms with Gasteiger partial charge in [0.15, 0.2) is 0 Å². The molecule has 0 aromatic carbocycles. The third kappa shape index (κ3) is 3.42. The van der Waals surface area contributed by atoms with Crippen molar-refractivity contribution in [1.82, 2.24) is 4.98 Å². The summed E-state index contributed by atoms with van der Waals surface area (Å²) in [5.74, 6) is 0.805. The van der Waals surface area contributed by atoms with E-state index in [0.29, 0.717) is 17.8 Å². The Hall–Kier alpha value is -1.59. The number of alkyl halides is 1. The Bertz CT molecular complexity index is 798. The van der Waals surface area contributed by atoms with Gasteiger partial charge >= 0.3 is 0 Å². The monoisotopic (exact) mass is 379 g/mol. The Morgan fingerprint density at radius 3 is 3.05 bits per heavy atom. The highest BCUT2D eigenvalue weighted by Gasteiger charge is 2.19. The summed E-state index contributed by atoms with van der Waals surface area (Å²) in [6.45, 7) is 0. The van der Waals surface area contributed by atoms with Crippen molar-refractivity contribution < 1.29 is 5.11 Å². The minimum Gasteiger partial charge on any atom is -0.510 e. The first kappa shape index (κ1) is 15.3. The summed E-state index contributed by atoms with van der Waals surface area (Å²) in [5, 5.41) is 15.8. The lowest BCUT2D eigenvalue weighted by Gasteiger charge is -2.15. The van der Waals surface area contributed by atoms with Crippen molar-refractivity contribution in [2.75, 3.05) is 5.43 Å². The SMILES string of the molecule is OC1=C(/C=N/Nc2ccc3c(n2)=CCCC=3)C=C(Br)CC1Cl. The Kier molecular flexibility index (Phi) is 4.64. The predicted octanol–water partition coefficient (Wildman–Crippen LogP) is 2.94. The first-order valence-corrected chi connectivity index (χ1v) is 8.26. The lowest BCUT2D eigenvalue weighted by molar-refractivity contribution is 0.387. The molecule has 1 aromatic heterocycles. The van der Waals surface area contributed by atoms with Crippen LogP contribution in [-0.4, -0.2) is 21.7 Å². The molecule has 0 fully saturated rings. The van der Waals surface area contributed by atoms with Crippen LogP contribution in [0.2, 0.25) is 0 Å². The molecule has 1 aromatic rings. The number of allylic oxidation sites excluding steroid dienone is 4. The Morgan fingerprint density at radius 1 is 1.36 bits per heavy atom. The van der Waals surface area contributed by atoms with Gasteiger partial charge in [-0.1, -0.05) is 28.1 Å². The topological polar surface area (TPSA) is 57.5 Å². The number of anilines is 1. The number of aliphatic hydroxyl groups excluding tert-OH is 1. The van der Waals surface area contributed by atoms with Crippen LogP contribution in [-0.2, 0) is 0 Å². The van der Waals surface area contributed by atoms with Crippen molar-refractivity contribution in [3.63, 3.8) is 0 Å². The summed E-state index contributed by atoms with van der Waals surface area (Å²) >= 11 is 9.46. The predicted molar refractivity (Wildman–Crippen MR) is 94.7 cm³/mol. The minimum absolute atomic E-state index is 0.136. The first-order chi connectivity index (χ1) is 10.6. The second-order valence-electron chi connectivity index (χ2n) is 5.13. The lowest BCUT2D eigenvalue weighted by Crippen LogP contribution is -2.30. The highest BCUT2D eigenvalue weighted by atomic mass is 79.9. The maximum absolute atomic E-state index is 9.95. The summed E-state index contributed by atoms with van der Waals surface area (Å²) in [5.41, 5.74) is 3.47. The molecule has 0 bridgehead atoms. The van der Waals surface area contributed by atoms with Crippen molar-refractivity contribution in [2.45, 2.75) is 24.6 Å². The zero-order valence-corrected chi connectivity index (χ0v) is 14.1. The molecule has 22 heavy (non-hydrogen) atoms. The molecule has 0 radical (unpaired) electrons. The van der Waals surface area contributed by atoms with Crippen LogP contribution < -0.4 is 16.0 Å². The average Bonchev–Trinajstić information content (AvgIpc) is 2.52. The van der Waals surface area contributed by atoms with E-state index >= 15 is 0 Å². The van der Waals surface area contributed by atoms with E-state index < -0.39 is 5.38 Å². The largest absolute Gasteiger partial charge is 0.510 e. The van der Waals surface area contributed by atoms with Crippen LogP contribution in [0.5, 0.6) is 0 Å². The van der Waals surface area contributed by atoms with Gasteiger partial charge in [0.1, 0.15) is 11.6 Å². The third-order valence-electron chi connectivity index (χ3n) is 3.49. The highest BCUT2D eigenvalue weighted by Crippen LogP contribution is 2.29. The standard InChI is InChI=1S/C16H15BrClN3O/c17-12-7-11(16(22)13(18)8-12)9-19-21-15-6-5-10-3-1-2-4-14(10)20-15/h3-7,9,13,22H,1-2,8H2,(H,20,21)/b19-9+. The fraction of sp³-hybridized carbons (Fsp3) is 0.250. The molecule has 1 unspecified atom stereocenters. The number of rotatable bonds is 3. The number of aromatic nitrogens is 1. The molecule has 2 aliphatic carbocycles. The van der Waals surface area contributed by atoms with Crippen LogP contribution in [0, 0.1) is 0 Å². The van der Waals surface area contributed by atoms with Gasteiger partial charge < -0.3 is 5.11 Å². The molecular weight excluding hydrogens is 366 g/mol. The summed E-state index contributed by atoms with van der Waals surface area (Å²) < 4.78 is 0.934. The van der Waals surface area contributed by atoms with Gasteiger partial charge in [-0.25, -0.2) is 4.98 Å². The first-order valence-electron chi connectivity index (χ1n) is 7.03. The van der Waals surface area contributed by atoms with E-state index in [0.717, 1.165) is 27.9 Å². The lowest BCUT2D eigenvalue weighted by atomic mass is 10.1. The molecule has 0 saturated carbocycles. The summed E-state index contributed by atoms with van der Waals surface area (Å²) in [4.78, 5) is 4.50. The molecule has 4 nitrogen and oxygen atoms in total. The summed E-state index contributed by atoms with van der Waals surface area (Å²) in [7, 11) is 0. The van der Waals surface area contributed by atoms with Gasteiger partial charge in [-0.15, -0.1) is 11.6 Å². The van der Waals surface area contributed by atoms with E-state index in [1.54, 1.807) is 6.21 Å². The van der Waals surface area contributed by atoms with Crippen molar-refractivity contribution in [3.8, 4) is 0 Å². The third-order valence-corrected chi connectivity index (χ3v) is 4.40. The molecule has 114 valence electrons. The molecule has 0 amide bonds. The molecule has 1 atom stereocenters. The molecule has 0 spiro atoms. The number of aliphatic hydroxyl groups is 1. The van der Waals surface area contributed by atoms with Crippen LogP contribution in [0.25, 0.3) is 12.2 Å². The molecule has 1 heterocycles. The molecule has 2 aliphatic rings. The smallest absolute Gasteiger partial charge is 0.146 e. The van der Waals surface area contributed by atoms with E-state index in [1.165, 1.54) is 0 Å². The van der Waals surface area contributed by atoms with E-state index in [9.17, 15) is 5.11 Å². The Labute approximate surface area is 141 Å². The zero-order chi connectivity index (χ0) is 15.5. The van der Waals surface area contributed by atoms with Crippen LogP contribution in [0.3, 0.4) is 0 Å². The number of fused-ring (bicyclic) bond motifs is 1. The van der Waals surface area contributed by atoms with Crippen molar-refractivity contribution >= 4 is 51.7 Å². The number of halogens is 2. The van der Waals surface area contributed by atoms with E-state index in [1.807, 2.05) is 18.2 Å². The summed E-state index contributed by atoms with van der Waals surface area (Å²) in [6.07, 6.45) is 10.3. The number of hydrazone groups is 1. The van der Waals surface area contributed by atoms with Gasteiger partial charge in [-0.3, -0.25) is 5.43 Å². The average molecular weight is 381 g/mol. The number of nitrogens with one attached hydrogen (secondary N) is 1. The van der Waals surface area contributed by atoms with Gasteiger partial charge in [0, 0.05) is 12.0 Å². The van der Waals surface area contributed by atoms with Crippen LogP contribution in [0.4, 0.5) is 5.82 Å². The van der Waals surface area contributed by atoms with Crippen molar-refractivity contribution in [2.24, 2.45) is 5.10 Å². The maximum atomic E-state index is 9.95. The van der Waals surface area contributed by atoms with Gasteiger partial charge in [0.2, 0.25) is 0 Å². The number of hydrogen-bond donors (Lipinski definition) is 2. The molecule has 3 rings (SSSR count). The van der Waals surface area contributed by atoms with Crippen LogP contribution >= 0.6 is 27.5 Å². The van der Waals surface area contributed by atoms with E-state index in [2.05, 4.69) is 43.6 Å². The Balaban J connectivity index is 1.77. The number of nitrogens with zero attached hydrogens (tertiary/aromatic N) is 2. The van der Waals surface area contributed by atoms with E-state index in [4.69, 9.17) is 11.6 Å². The van der Waals surface area contributed by atoms with E-state index in [-0.39, 0.29) is 5.76 Å². The second-order valence-corrected chi connectivity index (χ2v) is 6.68. The fourth-order valence-corrected chi connectivity index (χ4v) is 3.41. The second kappa shape index (κ2) is 6.67. The molecule has 6 heteroatoms. The summed E-state index contributed by atoms with van der Waals surface area (Å²) in [6, 6.07) is 3.91. The van der Waals surface area contributed by atoms with Gasteiger partial charge in [0.05, 0.1) is 16.9 Å². The van der Waals surface area contributed by atoms with Gasteiger partial charge in [0.25, 0.3) is 0 Å². The van der Waals surface area contributed by atoms with Crippen LogP contribution in [0.15, 0.2) is 39.1 Å². The van der Waals surface area contributed by atoms with Gasteiger partial charge in [-0.05, 0) is 40.8 Å². The number of hydrogen-bond acceptors (Lipinski definition) is 4. The van der Waals surface area contributed by atoms with Gasteiger partial charge in [-0.2, -0.15) is 5.10 Å². The van der Waals surface area contributed by atoms with Crippen molar-refractivity contribution in [1.29, 1.82) is 0 Å². The molecule has 0 aliphatic heterocycles. The number of pyridine rings is 1.